The molecular formula is C15H20N4OS. The lowest BCUT2D eigenvalue weighted by molar-refractivity contribution is 0.190. The standard InChI is InChI=1S/C15H20N4OS/c1-19-7-6-16-9-11(19)14-17-15(20-18-14)13-8-10-4-2-3-5-12(10)21-13/h8,11,16H,2-7,9H2,1H3. The van der Waals surface area contributed by atoms with Crippen molar-refractivity contribution in [2.75, 3.05) is 26.7 Å². The van der Waals surface area contributed by atoms with Gasteiger partial charge in [-0.3, -0.25) is 4.90 Å². The van der Waals surface area contributed by atoms with Crippen LogP contribution < -0.4 is 5.32 Å². The molecule has 1 aliphatic carbocycles. The van der Waals surface area contributed by atoms with Crippen LogP contribution in [-0.4, -0.2) is 41.7 Å². The van der Waals surface area contributed by atoms with E-state index in [4.69, 9.17) is 4.52 Å². The largest absolute Gasteiger partial charge is 0.333 e. The maximum Gasteiger partial charge on any atom is 0.268 e. The summed E-state index contributed by atoms with van der Waals surface area (Å²) in [4.78, 5) is 9.57. The Bertz CT molecular complexity index is 612. The van der Waals surface area contributed by atoms with Gasteiger partial charge in [-0.25, -0.2) is 0 Å². The first-order valence-corrected chi connectivity index (χ1v) is 8.49. The van der Waals surface area contributed by atoms with Crippen LogP contribution in [0.5, 0.6) is 0 Å². The summed E-state index contributed by atoms with van der Waals surface area (Å²) < 4.78 is 5.52. The average Bonchev–Trinajstić information content (AvgIpc) is 3.14. The molecule has 0 amide bonds. The van der Waals surface area contributed by atoms with Crippen molar-refractivity contribution in [2.45, 2.75) is 31.7 Å². The quantitative estimate of drug-likeness (QED) is 0.922. The number of nitrogens with one attached hydrogen (secondary N) is 1. The zero-order chi connectivity index (χ0) is 14.2. The van der Waals surface area contributed by atoms with Crippen molar-refractivity contribution in [3.8, 4) is 10.8 Å². The first kappa shape index (κ1) is 13.4. The number of nitrogens with zero attached hydrogens (tertiary/aromatic N) is 3. The van der Waals surface area contributed by atoms with Crippen molar-refractivity contribution in [1.29, 1.82) is 0 Å². The Balaban J connectivity index is 1.60. The minimum Gasteiger partial charge on any atom is -0.333 e. The minimum atomic E-state index is 0.214. The first-order chi connectivity index (χ1) is 10.3. The number of hydrogen-bond donors (Lipinski definition) is 1. The molecule has 2 aliphatic rings. The van der Waals surface area contributed by atoms with Crippen LogP contribution in [0.3, 0.4) is 0 Å². The van der Waals surface area contributed by atoms with Gasteiger partial charge in [0.1, 0.15) is 0 Å². The number of likely N-dealkylation sites (N-methyl/N-ethyl adjacent to an activating group) is 1. The van der Waals surface area contributed by atoms with E-state index in [1.807, 2.05) is 11.3 Å². The molecule has 6 heteroatoms. The van der Waals surface area contributed by atoms with Gasteiger partial charge in [-0.2, -0.15) is 4.98 Å². The third-order valence-corrected chi connectivity index (χ3v) is 5.68. The fraction of sp³-hybridized carbons (Fsp3) is 0.600. The maximum absolute atomic E-state index is 5.52. The van der Waals surface area contributed by atoms with E-state index in [1.165, 1.54) is 36.1 Å². The maximum atomic E-state index is 5.52. The van der Waals surface area contributed by atoms with Gasteiger partial charge in [0.15, 0.2) is 5.82 Å². The molecule has 2 aromatic heterocycles. The van der Waals surface area contributed by atoms with Gasteiger partial charge in [0.25, 0.3) is 5.89 Å². The van der Waals surface area contributed by atoms with Crippen LogP contribution in [0.15, 0.2) is 10.6 Å². The van der Waals surface area contributed by atoms with Crippen LogP contribution in [0.25, 0.3) is 10.8 Å². The van der Waals surface area contributed by atoms with Gasteiger partial charge in [0, 0.05) is 24.5 Å². The molecule has 0 aromatic carbocycles. The second kappa shape index (κ2) is 5.51. The van der Waals surface area contributed by atoms with E-state index < -0.39 is 0 Å². The lowest BCUT2D eigenvalue weighted by atomic mass is 9.99. The van der Waals surface area contributed by atoms with Crippen molar-refractivity contribution in [1.82, 2.24) is 20.4 Å². The Morgan fingerprint density at radius 1 is 1.38 bits per heavy atom. The van der Waals surface area contributed by atoms with E-state index in [1.54, 1.807) is 0 Å². The van der Waals surface area contributed by atoms with Gasteiger partial charge in [-0.05, 0) is 44.4 Å². The summed E-state index contributed by atoms with van der Waals surface area (Å²) in [6.45, 7) is 2.92. The number of rotatable bonds is 2. The van der Waals surface area contributed by atoms with E-state index in [-0.39, 0.29) is 6.04 Å². The van der Waals surface area contributed by atoms with Crippen LogP contribution in [0, 0.1) is 0 Å². The summed E-state index contributed by atoms with van der Waals surface area (Å²) in [7, 11) is 2.12. The highest BCUT2D eigenvalue weighted by Gasteiger charge is 2.26. The minimum absolute atomic E-state index is 0.214. The molecule has 0 bridgehead atoms. The molecular weight excluding hydrogens is 284 g/mol. The van der Waals surface area contributed by atoms with Gasteiger partial charge >= 0.3 is 0 Å². The molecule has 0 radical (unpaired) electrons. The predicted octanol–water partition coefficient (Wildman–Crippen LogP) is 2.25. The number of piperazine rings is 1. The average molecular weight is 304 g/mol. The predicted molar refractivity (Wildman–Crippen MR) is 82.5 cm³/mol. The summed E-state index contributed by atoms with van der Waals surface area (Å²) in [5.41, 5.74) is 1.48. The Morgan fingerprint density at radius 2 is 2.29 bits per heavy atom. The SMILES string of the molecule is CN1CCNCC1c1noc(-c2cc3c(s2)CCCC3)n1. The second-order valence-electron chi connectivity index (χ2n) is 5.92. The highest BCUT2D eigenvalue weighted by molar-refractivity contribution is 7.15. The fourth-order valence-electron chi connectivity index (χ4n) is 3.16. The molecule has 112 valence electrons. The smallest absolute Gasteiger partial charge is 0.268 e. The van der Waals surface area contributed by atoms with Gasteiger partial charge in [-0.1, -0.05) is 5.16 Å². The zero-order valence-electron chi connectivity index (χ0n) is 12.3. The molecule has 1 N–H and O–H groups in total. The molecule has 0 saturated carbocycles. The lowest BCUT2D eigenvalue weighted by Gasteiger charge is -2.30. The highest BCUT2D eigenvalue weighted by atomic mass is 32.1. The van der Waals surface area contributed by atoms with E-state index in [0.29, 0.717) is 5.89 Å². The monoisotopic (exact) mass is 304 g/mol. The number of aromatic nitrogens is 2. The normalized spacial score (nSPS) is 23.2. The number of thiophene rings is 1. The molecule has 3 heterocycles. The van der Waals surface area contributed by atoms with Crippen molar-refractivity contribution in [3.63, 3.8) is 0 Å². The topological polar surface area (TPSA) is 54.2 Å². The fourth-order valence-corrected chi connectivity index (χ4v) is 4.34. The van der Waals surface area contributed by atoms with E-state index in [9.17, 15) is 0 Å². The summed E-state index contributed by atoms with van der Waals surface area (Å²) >= 11 is 1.82. The van der Waals surface area contributed by atoms with Gasteiger partial charge < -0.3 is 9.84 Å². The number of fused-ring (bicyclic) bond motifs is 1. The second-order valence-corrected chi connectivity index (χ2v) is 7.06. The van der Waals surface area contributed by atoms with Crippen LogP contribution in [-0.2, 0) is 12.8 Å². The van der Waals surface area contributed by atoms with Crippen molar-refractivity contribution in [3.05, 3.63) is 22.3 Å². The molecule has 1 fully saturated rings. The summed E-state index contributed by atoms with van der Waals surface area (Å²) in [6, 6.07) is 2.46. The van der Waals surface area contributed by atoms with Crippen LogP contribution in [0.4, 0.5) is 0 Å². The van der Waals surface area contributed by atoms with Crippen molar-refractivity contribution in [2.24, 2.45) is 0 Å². The molecule has 21 heavy (non-hydrogen) atoms. The Labute approximate surface area is 128 Å². The molecule has 4 rings (SSSR count). The molecule has 2 aromatic rings. The summed E-state index contributed by atoms with van der Waals surface area (Å²) in [6.07, 6.45) is 5.01. The van der Waals surface area contributed by atoms with Crippen molar-refractivity contribution < 1.29 is 4.52 Å². The third kappa shape index (κ3) is 2.52. The molecule has 1 unspecified atom stereocenters. The van der Waals surface area contributed by atoms with Crippen molar-refractivity contribution >= 4 is 11.3 Å². The lowest BCUT2D eigenvalue weighted by Crippen LogP contribution is -2.44. The van der Waals surface area contributed by atoms with Crippen LogP contribution in [0.1, 0.15) is 35.1 Å². The molecule has 5 nitrogen and oxygen atoms in total. The summed E-state index contributed by atoms with van der Waals surface area (Å²) in [5, 5.41) is 7.60. The molecule has 1 aliphatic heterocycles. The van der Waals surface area contributed by atoms with Gasteiger partial charge in [0.05, 0.1) is 10.9 Å². The Morgan fingerprint density at radius 3 is 3.14 bits per heavy atom. The third-order valence-electron chi connectivity index (χ3n) is 4.46. The Kier molecular flexibility index (Phi) is 3.52. The Hall–Kier alpha value is -1.24. The van der Waals surface area contributed by atoms with Crippen LogP contribution in [0.2, 0.25) is 0 Å². The number of hydrogen-bond acceptors (Lipinski definition) is 6. The van der Waals surface area contributed by atoms with Gasteiger partial charge in [0.2, 0.25) is 0 Å². The number of aryl methyl sites for hydroxylation is 2. The zero-order valence-corrected chi connectivity index (χ0v) is 13.1. The van der Waals surface area contributed by atoms with Gasteiger partial charge in [-0.15, -0.1) is 11.3 Å². The molecule has 0 spiro atoms. The van der Waals surface area contributed by atoms with Crippen LogP contribution >= 0.6 is 11.3 Å². The first-order valence-electron chi connectivity index (χ1n) is 7.68. The summed E-state index contributed by atoms with van der Waals surface area (Å²) in [5.74, 6) is 1.48. The van der Waals surface area contributed by atoms with E-state index in [2.05, 4.69) is 33.5 Å². The highest BCUT2D eigenvalue weighted by Crippen LogP contribution is 2.35. The molecule has 1 atom stereocenters. The van der Waals surface area contributed by atoms with E-state index in [0.717, 1.165) is 30.3 Å². The van der Waals surface area contributed by atoms with E-state index >= 15 is 0 Å². The molecule has 1 saturated heterocycles.